The summed E-state index contributed by atoms with van der Waals surface area (Å²) >= 11 is 0. The van der Waals surface area contributed by atoms with Gasteiger partial charge in [-0.1, -0.05) is 63.2 Å². The second kappa shape index (κ2) is 7.51. The van der Waals surface area contributed by atoms with Crippen LogP contribution in [-0.4, -0.2) is 17.2 Å². The number of nitrogens with one attached hydrogen (secondary N) is 2. The van der Waals surface area contributed by atoms with E-state index >= 15 is 0 Å². The van der Waals surface area contributed by atoms with Crippen molar-refractivity contribution in [1.82, 2.24) is 10.9 Å². The Hall–Kier alpha value is -1.70. The lowest BCUT2D eigenvalue weighted by molar-refractivity contribution is 0.0961. The van der Waals surface area contributed by atoms with Crippen LogP contribution in [0.4, 0.5) is 0 Å². The molecule has 2 unspecified atom stereocenters. The topological polar surface area (TPSA) is 73.8 Å². The quantitative estimate of drug-likeness (QED) is 0.376. The first-order valence-electron chi connectivity index (χ1n) is 8.95. The minimum absolute atomic E-state index is 0.0261. The van der Waals surface area contributed by atoms with Crippen LogP contribution in [0, 0.1) is 12.3 Å². The molecule has 0 saturated heterocycles. The van der Waals surface area contributed by atoms with E-state index in [1.807, 2.05) is 37.3 Å². The summed E-state index contributed by atoms with van der Waals surface area (Å²) < 4.78 is 5.28. The molecule has 0 fully saturated rings. The number of benzene rings is 2. The molecule has 0 bridgehead atoms. The summed E-state index contributed by atoms with van der Waals surface area (Å²) in [4.78, 5) is 0. The predicted octanol–water partition coefficient (Wildman–Crippen LogP) is 2.09. The van der Waals surface area contributed by atoms with Crippen LogP contribution in [0.15, 0.2) is 42.5 Å². The molecular weight excluding hydrogens is 327 g/mol. The first-order valence-corrected chi connectivity index (χ1v) is 8.95. The zero-order valence-corrected chi connectivity index (χ0v) is 15.8. The molecule has 0 radical (unpaired) electrons. The Morgan fingerprint density at radius 3 is 2.42 bits per heavy atom. The molecule has 1 aliphatic rings. The lowest BCUT2D eigenvalue weighted by Crippen LogP contribution is -2.43. The van der Waals surface area contributed by atoms with Gasteiger partial charge in [0, 0.05) is 0 Å². The maximum atomic E-state index is 10.7. The Balaban J connectivity index is 1.76. The van der Waals surface area contributed by atoms with Gasteiger partial charge in [0.05, 0.1) is 12.6 Å². The zero-order valence-electron chi connectivity index (χ0n) is 15.8. The minimum Gasteiger partial charge on any atom is -0.423 e. The normalized spacial score (nSPS) is 16.5. The minimum atomic E-state index is -0.871. The molecule has 2 aromatic carbocycles. The van der Waals surface area contributed by atoms with Gasteiger partial charge >= 0.3 is 7.12 Å². The number of aliphatic hydroxyl groups excluding tert-OH is 1. The highest BCUT2D eigenvalue weighted by atomic mass is 16.5. The van der Waals surface area contributed by atoms with Gasteiger partial charge < -0.3 is 14.8 Å². The van der Waals surface area contributed by atoms with Gasteiger partial charge in [0.25, 0.3) is 0 Å². The molecule has 138 valence electrons. The summed E-state index contributed by atoms with van der Waals surface area (Å²) in [6, 6.07) is 13.9. The Kier molecular flexibility index (Phi) is 5.51. The first kappa shape index (κ1) is 19.1. The van der Waals surface area contributed by atoms with Gasteiger partial charge in [-0.2, -0.15) is 0 Å². The van der Waals surface area contributed by atoms with E-state index in [9.17, 15) is 10.1 Å². The highest BCUT2D eigenvalue weighted by Crippen LogP contribution is 2.32. The number of aliphatic hydroxyl groups is 1. The second-order valence-electron chi connectivity index (χ2n) is 7.91. The van der Waals surface area contributed by atoms with Gasteiger partial charge in [-0.25, -0.2) is 10.9 Å². The van der Waals surface area contributed by atoms with Crippen molar-refractivity contribution < 1.29 is 14.8 Å². The third-order valence-electron chi connectivity index (χ3n) is 4.99. The molecule has 0 saturated carbocycles. The van der Waals surface area contributed by atoms with Gasteiger partial charge in [0.1, 0.15) is 6.23 Å². The van der Waals surface area contributed by atoms with E-state index in [0.717, 1.165) is 27.7 Å². The Morgan fingerprint density at radius 2 is 1.77 bits per heavy atom. The number of hydrogen-bond acceptors (Lipinski definition) is 5. The van der Waals surface area contributed by atoms with Gasteiger partial charge in [0.2, 0.25) is 0 Å². The van der Waals surface area contributed by atoms with Crippen molar-refractivity contribution in [3.8, 4) is 0 Å². The van der Waals surface area contributed by atoms with E-state index in [1.165, 1.54) is 0 Å². The van der Waals surface area contributed by atoms with Crippen molar-refractivity contribution in [3.05, 3.63) is 64.7 Å². The van der Waals surface area contributed by atoms with Crippen LogP contribution in [0.2, 0.25) is 0 Å². The number of hydrazine groups is 1. The largest absolute Gasteiger partial charge is 0.491 e. The van der Waals surface area contributed by atoms with Crippen LogP contribution < -0.4 is 16.3 Å². The number of hydrogen-bond donors (Lipinski definition) is 4. The van der Waals surface area contributed by atoms with Crippen LogP contribution in [0.1, 0.15) is 55.3 Å². The average Bonchev–Trinajstić information content (AvgIpc) is 2.97. The SMILES string of the molecule is Cc1c(C(O)NNC(c2ccccc2)C(C)(C)C)ccc2c1COB2O. The molecule has 1 heterocycles. The van der Waals surface area contributed by atoms with Crippen molar-refractivity contribution in [1.29, 1.82) is 0 Å². The first-order chi connectivity index (χ1) is 12.3. The summed E-state index contributed by atoms with van der Waals surface area (Å²) in [6.45, 7) is 8.78. The lowest BCUT2D eigenvalue weighted by Gasteiger charge is -2.33. The molecule has 0 aliphatic carbocycles. The van der Waals surface area contributed by atoms with Crippen LogP contribution in [0.25, 0.3) is 0 Å². The zero-order chi connectivity index (χ0) is 18.9. The maximum Gasteiger partial charge on any atom is 0.491 e. The van der Waals surface area contributed by atoms with Crippen molar-refractivity contribution in [2.75, 3.05) is 0 Å². The maximum absolute atomic E-state index is 10.7. The molecule has 4 N–H and O–H groups in total. The van der Waals surface area contributed by atoms with E-state index in [2.05, 4.69) is 43.8 Å². The standard InChI is InChI=1S/C20H27BN2O3/c1-13-15(10-11-17-16(13)12-26-21(17)25)19(24)23-22-18(20(2,3)4)14-8-6-5-7-9-14/h5-11,18-19,22-25H,12H2,1-4H3. The molecule has 5 nitrogen and oxygen atoms in total. The highest BCUT2D eigenvalue weighted by molar-refractivity contribution is 6.61. The predicted molar refractivity (Wildman–Crippen MR) is 103 cm³/mol. The summed E-state index contributed by atoms with van der Waals surface area (Å²) in [6.07, 6.45) is -0.869. The molecule has 3 rings (SSSR count). The van der Waals surface area contributed by atoms with E-state index in [0.29, 0.717) is 6.61 Å². The molecule has 0 aromatic heterocycles. The fourth-order valence-electron chi connectivity index (χ4n) is 3.45. The Labute approximate surface area is 155 Å². The van der Waals surface area contributed by atoms with Gasteiger partial charge in [-0.15, -0.1) is 0 Å². The molecule has 2 atom stereocenters. The highest BCUT2D eigenvalue weighted by Gasteiger charge is 2.31. The molecular formula is C20H27BN2O3. The van der Waals surface area contributed by atoms with Crippen molar-refractivity contribution in [3.63, 3.8) is 0 Å². The average molecular weight is 354 g/mol. The lowest BCUT2D eigenvalue weighted by atomic mass is 9.77. The van der Waals surface area contributed by atoms with E-state index in [1.54, 1.807) is 0 Å². The smallest absolute Gasteiger partial charge is 0.423 e. The summed E-state index contributed by atoms with van der Waals surface area (Å²) in [5, 5.41) is 20.5. The summed E-state index contributed by atoms with van der Waals surface area (Å²) in [5.74, 6) is 0. The van der Waals surface area contributed by atoms with Crippen LogP contribution in [-0.2, 0) is 11.3 Å². The van der Waals surface area contributed by atoms with Gasteiger partial charge in [-0.3, -0.25) is 0 Å². The Morgan fingerprint density at radius 1 is 1.08 bits per heavy atom. The number of rotatable bonds is 5. The fraction of sp³-hybridized carbons (Fsp3) is 0.400. The summed E-state index contributed by atoms with van der Waals surface area (Å²) in [7, 11) is -0.871. The van der Waals surface area contributed by atoms with E-state index in [4.69, 9.17) is 4.65 Å². The van der Waals surface area contributed by atoms with E-state index < -0.39 is 13.3 Å². The molecule has 0 amide bonds. The number of fused-ring (bicyclic) bond motifs is 1. The Bertz CT molecular complexity index is 762. The molecule has 26 heavy (non-hydrogen) atoms. The van der Waals surface area contributed by atoms with E-state index in [-0.39, 0.29) is 11.5 Å². The fourth-order valence-corrected chi connectivity index (χ4v) is 3.45. The molecule has 6 heteroatoms. The van der Waals surface area contributed by atoms with Crippen LogP contribution in [0.3, 0.4) is 0 Å². The monoisotopic (exact) mass is 354 g/mol. The van der Waals surface area contributed by atoms with Gasteiger partial charge in [0.15, 0.2) is 0 Å². The van der Waals surface area contributed by atoms with Crippen LogP contribution >= 0.6 is 0 Å². The van der Waals surface area contributed by atoms with Crippen molar-refractivity contribution in [2.45, 2.75) is 46.6 Å². The second-order valence-corrected chi connectivity index (χ2v) is 7.91. The third kappa shape index (κ3) is 3.85. The van der Waals surface area contributed by atoms with Crippen molar-refractivity contribution in [2.24, 2.45) is 5.41 Å². The molecule has 0 spiro atoms. The van der Waals surface area contributed by atoms with Gasteiger partial charge in [-0.05, 0) is 40.1 Å². The molecule has 2 aromatic rings. The van der Waals surface area contributed by atoms with Crippen molar-refractivity contribution >= 4 is 12.6 Å². The molecule has 1 aliphatic heterocycles. The third-order valence-corrected chi connectivity index (χ3v) is 4.99. The summed E-state index contributed by atoms with van der Waals surface area (Å²) in [5.41, 5.74) is 10.9. The van der Waals surface area contributed by atoms with Crippen LogP contribution in [0.5, 0.6) is 0 Å².